The highest BCUT2D eigenvalue weighted by molar-refractivity contribution is 5.79. The van der Waals surface area contributed by atoms with Crippen molar-refractivity contribution in [2.45, 2.75) is 51.9 Å². The molecule has 2 saturated heterocycles. The third kappa shape index (κ3) is 6.09. The van der Waals surface area contributed by atoms with Crippen molar-refractivity contribution in [1.29, 1.82) is 0 Å². The molecule has 33 heavy (non-hydrogen) atoms. The molecule has 8 heteroatoms. The number of rotatable bonds is 7. The van der Waals surface area contributed by atoms with Gasteiger partial charge in [-0.05, 0) is 17.9 Å². The average molecular weight is 449 g/mol. The Balaban J connectivity index is 0.000000160. The first-order valence-corrected chi connectivity index (χ1v) is 11.6. The number of nitrogens with zero attached hydrogens (tertiary/aromatic N) is 6. The third-order valence-corrected chi connectivity index (χ3v) is 6.26. The minimum atomic E-state index is 0.220. The van der Waals surface area contributed by atoms with Gasteiger partial charge in [0.2, 0.25) is 11.8 Å². The normalized spacial score (nSPS) is 20.3. The van der Waals surface area contributed by atoms with Gasteiger partial charge in [-0.2, -0.15) is 0 Å². The Kier molecular flexibility index (Phi) is 7.55. The number of likely N-dealkylation sites (tertiary alicyclic amines) is 2. The molecular weight excluding hydrogens is 416 g/mol. The highest BCUT2D eigenvalue weighted by Crippen LogP contribution is 2.28. The Bertz CT molecular complexity index is 1000. The molecule has 2 aliphatic heterocycles. The molecular formula is C25H32N6O2. The van der Waals surface area contributed by atoms with Crippen LogP contribution in [0.4, 0.5) is 0 Å². The molecule has 2 amide bonds. The molecule has 0 spiro atoms. The number of carbonyl (C=O) groups excluding carboxylic acids is 2. The fourth-order valence-corrected chi connectivity index (χ4v) is 4.58. The summed E-state index contributed by atoms with van der Waals surface area (Å²) in [4.78, 5) is 35.4. The fourth-order valence-electron chi connectivity index (χ4n) is 4.58. The number of imidazole rings is 2. The predicted octanol–water partition coefficient (Wildman–Crippen LogP) is 3.35. The van der Waals surface area contributed by atoms with E-state index in [0.29, 0.717) is 31.6 Å². The van der Waals surface area contributed by atoms with Gasteiger partial charge < -0.3 is 18.9 Å². The van der Waals surface area contributed by atoms with E-state index in [1.54, 1.807) is 25.0 Å². The van der Waals surface area contributed by atoms with E-state index in [1.807, 2.05) is 49.5 Å². The van der Waals surface area contributed by atoms with Gasteiger partial charge in [0.25, 0.3) is 0 Å². The summed E-state index contributed by atoms with van der Waals surface area (Å²) in [5.74, 6) is 1.38. The Hall–Kier alpha value is -3.42. The predicted molar refractivity (Wildman–Crippen MR) is 125 cm³/mol. The van der Waals surface area contributed by atoms with E-state index in [-0.39, 0.29) is 11.8 Å². The topological polar surface area (TPSA) is 76.3 Å². The molecule has 2 aromatic heterocycles. The first kappa shape index (κ1) is 22.8. The van der Waals surface area contributed by atoms with E-state index in [1.165, 1.54) is 5.56 Å². The lowest BCUT2D eigenvalue weighted by Crippen LogP contribution is -2.27. The van der Waals surface area contributed by atoms with Crippen molar-refractivity contribution in [2.75, 3.05) is 13.1 Å². The number of benzene rings is 1. The average Bonchev–Trinajstić information content (AvgIpc) is 3.62. The summed E-state index contributed by atoms with van der Waals surface area (Å²) in [7, 11) is 0. The smallest absolute Gasteiger partial charge is 0.224 e. The molecule has 2 aliphatic rings. The molecule has 1 aromatic carbocycles. The fraction of sp³-hybridized carbons (Fsp3) is 0.440. The summed E-state index contributed by atoms with van der Waals surface area (Å²) in [5.41, 5.74) is 1.25. The van der Waals surface area contributed by atoms with Crippen molar-refractivity contribution in [3.8, 4) is 0 Å². The summed E-state index contributed by atoms with van der Waals surface area (Å²) >= 11 is 0. The molecule has 8 nitrogen and oxygen atoms in total. The van der Waals surface area contributed by atoms with Crippen LogP contribution in [0.25, 0.3) is 0 Å². The van der Waals surface area contributed by atoms with Gasteiger partial charge in [0.1, 0.15) is 0 Å². The van der Waals surface area contributed by atoms with Gasteiger partial charge in [0.15, 0.2) is 0 Å². The maximum atomic E-state index is 12.0. The zero-order valence-corrected chi connectivity index (χ0v) is 19.2. The van der Waals surface area contributed by atoms with E-state index >= 15 is 0 Å². The zero-order valence-electron chi connectivity index (χ0n) is 19.2. The van der Waals surface area contributed by atoms with Crippen molar-refractivity contribution in [3.05, 3.63) is 73.3 Å². The largest absolute Gasteiger partial charge is 0.324 e. The number of aromatic nitrogens is 4. The van der Waals surface area contributed by atoms with E-state index in [2.05, 4.69) is 29.0 Å². The van der Waals surface area contributed by atoms with Crippen LogP contribution >= 0.6 is 0 Å². The molecule has 2 fully saturated rings. The lowest BCUT2D eigenvalue weighted by Gasteiger charge is -2.17. The van der Waals surface area contributed by atoms with Crippen LogP contribution in [0.1, 0.15) is 44.1 Å². The Morgan fingerprint density at radius 1 is 0.848 bits per heavy atom. The minimum absolute atomic E-state index is 0.220. The maximum absolute atomic E-state index is 12.0. The number of hydrogen-bond donors (Lipinski definition) is 0. The van der Waals surface area contributed by atoms with Crippen molar-refractivity contribution in [1.82, 2.24) is 28.9 Å². The lowest BCUT2D eigenvalue weighted by molar-refractivity contribution is -0.129. The van der Waals surface area contributed by atoms with Crippen LogP contribution in [0.2, 0.25) is 0 Å². The van der Waals surface area contributed by atoms with E-state index in [4.69, 9.17) is 0 Å². The Labute approximate surface area is 194 Å². The number of hydrogen-bond acceptors (Lipinski definition) is 4. The molecule has 174 valence electrons. The van der Waals surface area contributed by atoms with Crippen LogP contribution in [0.3, 0.4) is 0 Å². The molecule has 2 atom stereocenters. The van der Waals surface area contributed by atoms with Crippen molar-refractivity contribution < 1.29 is 9.59 Å². The van der Waals surface area contributed by atoms with Crippen LogP contribution in [0, 0.1) is 5.92 Å². The van der Waals surface area contributed by atoms with Crippen molar-refractivity contribution in [2.24, 2.45) is 5.92 Å². The van der Waals surface area contributed by atoms with Gasteiger partial charge in [0, 0.05) is 56.6 Å². The van der Waals surface area contributed by atoms with Gasteiger partial charge in [-0.3, -0.25) is 9.59 Å². The van der Waals surface area contributed by atoms with Gasteiger partial charge in [-0.25, -0.2) is 9.97 Å². The standard InChI is InChI=1S/C14H15N3O.C11H17N3O/c18-14-8-13(12-4-2-1-3-5-12)9-17(14)11-16-7-6-15-10-16;1-2-3-10-6-11(15)14(7-10)9-13-5-4-12-8-13/h1-7,10,13H,8-9,11H2;4-5,8,10H,2-3,6-7,9H2,1H3. The summed E-state index contributed by atoms with van der Waals surface area (Å²) < 4.78 is 3.86. The van der Waals surface area contributed by atoms with Crippen LogP contribution in [-0.2, 0) is 22.9 Å². The monoisotopic (exact) mass is 448 g/mol. The molecule has 0 radical (unpaired) electrons. The second-order valence-corrected chi connectivity index (χ2v) is 8.84. The Morgan fingerprint density at radius 2 is 1.45 bits per heavy atom. The van der Waals surface area contributed by atoms with E-state index < -0.39 is 0 Å². The summed E-state index contributed by atoms with van der Waals surface area (Å²) in [5, 5.41) is 0. The van der Waals surface area contributed by atoms with Crippen molar-refractivity contribution >= 4 is 11.8 Å². The third-order valence-electron chi connectivity index (χ3n) is 6.26. The first-order chi connectivity index (χ1) is 16.1. The van der Waals surface area contributed by atoms with Crippen LogP contribution in [0.15, 0.2) is 67.8 Å². The summed E-state index contributed by atoms with van der Waals surface area (Å²) in [6.07, 6.45) is 14.4. The first-order valence-electron chi connectivity index (χ1n) is 11.6. The Morgan fingerprint density at radius 3 is 2.03 bits per heavy atom. The SMILES string of the molecule is CCCC1CC(=O)N(Cn2ccnc2)C1.O=C1CC(c2ccccc2)CN1Cn1ccnc1. The highest BCUT2D eigenvalue weighted by Gasteiger charge is 2.30. The second-order valence-electron chi connectivity index (χ2n) is 8.84. The van der Waals surface area contributed by atoms with Crippen LogP contribution < -0.4 is 0 Å². The van der Waals surface area contributed by atoms with Gasteiger partial charge in [-0.15, -0.1) is 0 Å². The van der Waals surface area contributed by atoms with Gasteiger partial charge >= 0.3 is 0 Å². The van der Waals surface area contributed by atoms with E-state index in [0.717, 1.165) is 32.4 Å². The molecule has 3 aromatic rings. The highest BCUT2D eigenvalue weighted by atomic mass is 16.2. The quantitative estimate of drug-likeness (QED) is 0.556. The molecule has 2 unspecified atom stereocenters. The maximum Gasteiger partial charge on any atom is 0.224 e. The van der Waals surface area contributed by atoms with Crippen LogP contribution in [-0.4, -0.2) is 53.8 Å². The molecule has 0 aliphatic carbocycles. The molecule has 0 bridgehead atoms. The van der Waals surface area contributed by atoms with Gasteiger partial charge in [-0.1, -0.05) is 43.7 Å². The zero-order chi connectivity index (χ0) is 23.0. The molecule has 0 N–H and O–H groups in total. The number of amides is 2. The number of carbonyl (C=O) groups is 2. The van der Waals surface area contributed by atoms with Gasteiger partial charge in [0.05, 0.1) is 26.0 Å². The molecule has 0 saturated carbocycles. The van der Waals surface area contributed by atoms with Crippen LogP contribution in [0.5, 0.6) is 0 Å². The second kappa shape index (κ2) is 10.9. The summed E-state index contributed by atoms with van der Waals surface area (Å²) in [6, 6.07) is 10.2. The minimum Gasteiger partial charge on any atom is -0.324 e. The van der Waals surface area contributed by atoms with Crippen molar-refractivity contribution in [3.63, 3.8) is 0 Å². The summed E-state index contributed by atoms with van der Waals surface area (Å²) in [6.45, 7) is 5.12. The molecule has 4 heterocycles. The lowest BCUT2D eigenvalue weighted by atomic mass is 9.99. The van der Waals surface area contributed by atoms with E-state index in [9.17, 15) is 9.59 Å². The molecule has 5 rings (SSSR count).